The standard InChI is InChI=1S/C15H11BrN2/c1-9-6-11(16)8-18-13-7-10-4-2-3-5-12(10)14(13)17-15(9)18/h2-6,8H,7H2,1H3. The van der Waals surface area contributed by atoms with Crippen LogP contribution in [0.3, 0.4) is 0 Å². The average Bonchev–Trinajstić information content (AvgIpc) is 2.86. The van der Waals surface area contributed by atoms with Gasteiger partial charge < -0.3 is 4.40 Å². The predicted molar refractivity (Wildman–Crippen MR) is 75.9 cm³/mol. The van der Waals surface area contributed by atoms with E-state index < -0.39 is 0 Å². The van der Waals surface area contributed by atoms with Crippen molar-refractivity contribution in [2.75, 3.05) is 0 Å². The highest BCUT2D eigenvalue weighted by Gasteiger charge is 2.24. The summed E-state index contributed by atoms with van der Waals surface area (Å²) in [6.07, 6.45) is 3.09. The Bertz CT molecular complexity index is 787. The Morgan fingerprint density at radius 3 is 3.00 bits per heavy atom. The number of fused-ring (bicyclic) bond motifs is 5. The van der Waals surface area contributed by atoms with Gasteiger partial charge in [-0.2, -0.15) is 0 Å². The van der Waals surface area contributed by atoms with Crippen LogP contribution in [0.4, 0.5) is 0 Å². The molecule has 0 spiro atoms. The van der Waals surface area contributed by atoms with Crippen molar-refractivity contribution in [3.05, 3.63) is 57.8 Å². The van der Waals surface area contributed by atoms with E-state index in [-0.39, 0.29) is 0 Å². The number of hydrogen-bond acceptors (Lipinski definition) is 1. The number of halogens is 1. The zero-order valence-electron chi connectivity index (χ0n) is 9.94. The first-order valence-corrected chi connectivity index (χ1v) is 6.79. The van der Waals surface area contributed by atoms with E-state index >= 15 is 0 Å². The Morgan fingerprint density at radius 2 is 2.11 bits per heavy atom. The van der Waals surface area contributed by atoms with Crippen molar-refractivity contribution in [2.45, 2.75) is 13.3 Å². The summed E-state index contributed by atoms with van der Waals surface area (Å²) in [7, 11) is 0. The molecule has 0 aliphatic heterocycles. The maximum Gasteiger partial charge on any atom is 0.140 e. The molecule has 0 saturated carbocycles. The van der Waals surface area contributed by atoms with Crippen LogP contribution in [-0.4, -0.2) is 9.38 Å². The van der Waals surface area contributed by atoms with Gasteiger partial charge in [-0.3, -0.25) is 0 Å². The van der Waals surface area contributed by atoms with Gasteiger partial charge in [0.2, 0.25) is 0 Å². The maximum atomic E-state index is 4.82. The molecule has 0 N–H and O–H groups in total. The second-order valence-electron chi connectivity index (χ2n) is 4.78. The molecule has 0 amide bonds. The topological polar surface area (TPSA) is 17.3 Å². The lowest BCUT2D eigenvalue weighted by atomic mass is 10.1. The summed E-state index contributed by atoms with van der Waals surface area (Å²) in [5, 5.41) is 0. The Labute approximate surface area is 113 Å². The second-order valence-corrected chi connectivity index (χ2v) is 5.69. The minimum Gasteiger partial charge on any atom is -0.302 e. The summed E-state index contributed by atoms with van der Waals surface area (Å²) in [6, 6.07) is 10.6. The van der Waals surface area contributed by atoms with Gasteiger partial charge in [0, 0.05) is 22.7 Å². The van der Waals surface area contributed by atoms with Crippen LogP contribution in [0.15, 0.2) is 41.0 Å². The zero-order chi connectivity index (χ0) is 12.3. The SMILES string of the molecule is Cc1cc(Br)cn2c3c(nc12)-c1ccccc1C3. The lowest BCUT2D eigenvalue weighted by molar-refractivity contribution is 1.04. The van der Waals surface area contributed by atoms with Gasteiger partial charge in [0.15, 0.2) is 0 Å². The molecular formula is C15H11BrN2. The number of aryl methyl sites for hydroxylation is 1. The van der Waals surface area contributed by atoms with E-state index in [9.17, 15) is 0 Å². The first kappa shape index (κ1) is 10.3. The van der Waals surface area contributed by atoms with Crippen molar-refractivity contribution in [3.63, 3.8) is 0 Å². The monoisotopic (exact) mass is 298 g/mol. The summed E-state index contributed by atoms with van der Waals surface area (Å²) < 4.78 is 3.32. The fourth-order valence-corrected chi connectivity index (χ4v) is 3.33. The van der Waals surface area contributed by atoms with Crippen LogP contribution in [0.2, 0.25) is 0 Å². The number of hydrogen-bond donors (Lipinski definition) is 0. The van der Waals surface area contributed by atoms with E-state index in [2.05, 4.69) is 63.8 Å². The Kier molecular flexibility index (Phi) is 1.98. The van der Waals surface area contributed by atoms with Gasteiger partial charge in [-0.25, -0.2) is 4.98 Å². The molecule has 1 aromatic carbocycles. The molecule has 0 unspecified atom stereocenters. The van der Waals surface area contributed by atoms with E-state index in [0.717, 1.165) is 22.2 Å². The summed E-state index contributed by atoms with van der Waals surface area (Å²) in [6.45, 7) is 2.11. The van der Waals surface area contributed by atoms with Crippen molar-refractivity contribution in [2.24, 2.45) is 0 Å². The van der Waals surface area contributed by atoms with Gasteiger partial charge in [0.25, 0.3) is 0 Å². The first-order chi connectivity index (χ1) is 8.74. The largest absolute Gasteiger partial charge is 0.302 e. The van der Waals surface area contributed by atoms with Crippen molar-refractivity contribution >= 4 is 21.6 Å². The molecule has 4 rings (SSSR count). The van der Waals surface area contributed by atoms with Crippen LogP contribution in [0.5, 0.6) is 0 Å². The molecule has 88 valence electrons. The first-order valence-electron chi connectivity index (χ1n) is 5.99. The molecule has 3 heteroatoms. The number of imidazole rings is 1. The fourth-order valence-electron chi connectivity index (χ4n) is 2.79. The number of rotatable bonds is 0. The van der Waals surface area contributed by atoms with Gasteiger partial charge in [-0.15, -0.1) is 0 Å². The predicted octanol–water partition coefficient (Wildman–Crippen LogP) is 3.98. The molecule has 0 radical (unpaired) electrons. The Hall–Kier alpha value is -1.61. The molecular weight excluding hydrogens is 288 g/mol. The third-order valence-corrected chi connectivity index (χ3v) is 4.03. The minimum atomic E-state index is 0.975. The number of pyridine rings is 1. The van der Waals surface area contributed by atoms with Crippen LogP contribution < -0.4 is 0 Å². The summed E-state index contributed by atoms with van der Waals surface area (Å²) in [4.78, 5) is 4.82. The van der Waals surface area contributed by atoms with Crippen molar-refractivity contribution in [1.82, 2.24) is 9.38 Å². The van der Waals surface area contributed by atoms with Crippen molar-refractivity contribution in [1.29, 1.82) is 0 Å². The van der Waals surface area contributed by atoms with E-state index in [0.29, 0.717) is 0 Å². The maximum absolute atomic E-state index is 4.82. The fraction of sp³-hybridized carbons (Fsp3) is 0.133. The summed E-state index contributed by atoms with van der Waals surface area (Å²) in [5.74, 6) is 0. The van der Waals surface area contributed by atoms with Gasteiger partial charge in [0.1, 0.15) is 5.65 Å². The molecule has 0 saturated heterocycles. The highest BCUT2D eigenvalue weighted by atomic mass is 79.9. The Morgan fingerprint density at radius 1 is 1.28 bits per heavy atom. The highest BCUT2D eigenvalue weighted by Crippen LogP contribution is 2.37. The van der Waals surface area contributed by atoms with Crippen LogP contribution in [-0.2, 0) is 6.42 Å². The Balaban J connectivity index is 2.11. The van der Waals surface area contributed by atoms with Crippen LogP contribution in [0.1, 0.15) is 16.8 Å². The van der Waals surface area contributed by atoms with E-state index in [1.165, 1.54) is 22.4 Å². The third-order valence-electron chi connectivity index (χ3n) is 3.60. The molecule has 0 bridgehead atoms. The normalized spacial score (nSPS) is 12.8. The minimum absolute atomic E-state index is 0.975. The summed E-state index contributed by atoms with van der Waals surface area (Å²) >= 11 is 3.56. The quantitative estimate of drug-likeness (QED) is 0.480. The van der Waals surface area contributed by atoms with Crippen LogP contribution >= 0.6 is 15.9 Å². The van der Waals surface area contributed by atoms with E-state index in [1.54, 1.807) is 0 Å². The number of benzene rings is 1. The van der Waals surface area contributed by atoms with Crippen LogP contribution in [0.25, 0.3) is 16.9 Å². The van der Waals surface area contributed by atoms with Gasteiger partial charge in [-0.1, -0.05) is 24.3 Å². The van der Waals surface area contributed by atoms with Gasteiger partial charge in [-0.05, 0) is 40.0 Å². The van der Waals surface area contributed by atoms with Crippen molar-refractivity contribution in [3.8, 4) is 11.3 Å². The smallest absolute Gasteiger partial charge is 0.140 e. The number of nitrogens with zero attached hydrogens (tertiary/aromatic N) is 2. The van der Waals surface area contributed by atoms with Crippen molar-refractivity contribution < 1.29 is 0 Å². The molecule has 3 aromatic rings. The van der Waals surface area contributed by atoms with Gasteiger partial charge in [0.05, 0.1) is 11.4 Å². The lowest BCUT2D eigenvalue weighted by Crippen LogP contribution is -1.93. The molecule has 2 aromatic heterocycles. The molecule has 2 nitrogen and oxygen atoms in total. The summed E-state index contributed by atoms with van der Waals surface area (Å²) in [5.41, 5.74) is 7.38. The zero-order valence-corrected chi connectivity index (χ0v) is 11.5. The molecule has 18 heavy (non-hydrogen) atoms. The van der Waals surface area contributed by atoms with E-state index in [1.807, 2.05) is 0 Å². The third kappa shape index (κ3) is 1.25. The molecule has 1 aliphatic carbocycles. The van der Waals surface area contributed by atoms with Crippen LogP contribution in [0, 0.1) is 6.92 Å². The van der Waals surface area contributed by atoms with Gasteiger partial charge >= 0.3 is 0 Å². The van der Waals surface area contributed by atoms with E-state index in [4.69, 9.17) is 4.98 Å². The molecule has 0 fully saturated rings. The average molecular weight is 299 g/mol. The molecule has 2 heterocycles. The lowest BCUT2D eigenvalue weighted by Gasteiger charge is -2.03. The second kappa shape index (κ2) is 3.45. The molecule has 1 aliphatic rings. The number of aromatic nitrogens is 2. The molecule has 0 atom stereocenters. The highest BCUT2D eigenvalue weighted by molar-refractivity contribution is 9.10.